The molecule has 0 spiro atoms. The second-order valence-electron chi connectivity index (χ2n) is 8.27. The lowest BCUT2D eigenvalue weighted by atomic mass is 10.1. The van der Waals surface area contributed by atoms with Crippen molar-refractivity contribution in [2.45, 2.75) is 24.8 Å². The van der Waals surface area contributed by atoms with Gasteiger partial charge in [-0.05, 0) is 55.8 Å². The number of carbonyl (C=O) groups is 1. The lowest BCUT2D eigenvalue weighted by Crippen LogP contribution is -2.41. The van der Waals surface area contributed by atoms with Crippen LogP contribution in [0.3, 0.4) is 0 Å². The van der Waals surface area contributed by atoms with E-state index in [0.29, 0.717) is 17.2 Å². The summed E-state index contributed by atoms with van der Waals surface area (Å²) in [6.45, 7) is 3.17. The Morgan fingerprint density at radius 1 is 0.838 bits per heavy atom. The van der Waals surface area contributed by atoms with Gasteiger partial charge in [0.1, 0.15) is 18.0 Å². The van der Waals surface area contributed by atoms with E-state index >= 15 is 0 Å². The second kappa shape index (κ2) is 11.9. The molecule has 0 saturated heterocycles. The van der Waals surface area contributed by atoms with Crippen LogP contribution < -0.4 is 28.6 Å². The van der Waals surface area contributed by atoms with Crippen LogP contribution in [-0.4, -0.2) is 49.3 Å². The maximum Gasteiger partial charge on any atom is 0.264 e. The van der Waals surface area contributed by atoms with Crippen LogP contribution in [0, 0.1) is 6.92 Å². The number of amides is 1. The zero-order chi connectivity index (χ0) is 27.2. The second-order valence-corrected chi connectivity index (χ2v) is 10.1. The van der Waals surface area contributed by atoms with Crippen molar-refractivity contribution in [2.75, 3.05) is 39.3 Å². The Hall–Kier alpha value is -3.92. The van der Waals surface area contributed by atoms with Gasteiger partial charge in [0.05, 0.1) is 45.1 Å². The zero-order valence-corrected chi connectivity index (χ0v) is 22.6. The lowest BCUT2D eigenvalue weighted by molar-refractivity contribution is -0.120. The van der Waals surface area contributed by atoms with Crippen molar-refractivity contribution in [2.24, 2.45) is 0 Å². The van der Waals surface area contributed by atoms with E-state index in [4.69, 9.17) is 18.9 Å². The van der Waals surface area contributed by atoms with E-state index in [-0.39, 0.29) is 16.3 Å². The lowest BCUT2D eigenvalue weighted by Gasteiger charge is -2.27. The fourth-order valence-corrected chi connectivity index (χ4v) is 5.18. The van der Waals surface area contributed by atoms with Gasteiger partial charge in [-0.2, -0.15) is 0 Å². The van der Waals surface area contributed by atoms with Crippen LogP contribution in [0.15, 0.2) is 65.6 Å². The topological polar surface area (TPSA) is 103 Å². The SMILES string of the molecule is COc1ccc(OC)c(N(CC(=O)N[C@H](C)c2ccc(OC)c(OC)c2)S(=O)(=O)c2ccc(C)cc2)c1. The first-order chi connectivity index (χ1) is 17.6. The van der Waals surface area contributed by atoms with Crippen LogP contribution >= 0.6 is 0 Å². The van der Waals surface area contributed by atoms with Gasteiger partial charge < -0.3 is 24.3 Å². The first-order valence-corrected chi connectivity index (χ1v) is 12.9. The summed E-state index contributed by atoms with van der Waals surface area (Å²) in [6, 6.07) is 16.1. The maximum atomic E-state index is 13.8. The van der Waals surface area contributed by atoms with E-state index in [1.807, 2.05) is 6.92 Å². The minimum Gasteiger partial charge on any atom is -0.497 e. The van der Waals surface area contributed by atoms with Gasteiger partial charge in [-0.3, -0.25) is 9.10 Å². The number of nitrogens with zero attached hydrogens (tertiary/aromatic N) is 1. The van der Waals surface area contributed by atoms with Crippen molar-refractivity contribution in [1.29, 1.82) is 0 Å². The van der Waals surface area contributed by atoms with E-state index in [0.717, 1.165) is 15.4 Å². The number of methoxy groups -OCH3 is 4. The fourth-order valence-electron chi connectivity index (χ4n) is 3.75. The number of hydrogen-bond acceptors (Lipinski definition) is 7. The van der Waals surface area contributed by atoms with Crippen molar-refractivity contribution in [3.63, 3.8) is 0 Å². The summed E-state index contributed by atoms with van der Waals surface area (Å²) in [4.78, 5) is 13.3. The van der Waals surface area contributed by atoms with Gasteiger partial charge >= 0.3 is 0 Å². The van der Waals surface area contributed by atoms with Gasteiger partial charge in [-0.1, -0.05) is 23.8 Å². The van der Waals surface area contributed by atoms with Gasteiger partial charge in [0.25, 0.3) is 10.0 Å². The fraction of sp³-hybridized carbons (Fsp3) is 0.296. The number of aryl methyl sites for hydroxylation is 1. The Kier molecular flexibility index (Phi) is 8.88. The molecule has 0 bridgehead atoms. The molecule has 1 N–H and O–H groups in total. The van der Waals surface area contributed by atoms with E-state index in [2.05, 4.69) is 5.32 Å². The van der Waals surface area contributed by atoms with Crippen LogP contribution in [0.4, 0.5) is 5.69 Å². The van der Waals surface area contributed by atoms with Crippen molar-refractivity contribution >= 4 is 21.6 Å². The van der Waals surface area contributed by atoms with Crippen molar-refractivity contribution in [1.82, 2.24) is 5.32 Å². The van der Waals surface area contributed by atoms with Crippen LogP contribution in [0.1, 0.15) is 24.1 Å². The number of benzene rings is 3. The highest BCUT2D eigenvalue weighted by Crippen LogP contribution is 2.36. The molecule has 1 atom stereocenters. The molecule has 0 aliphatic rings. The van der Waals surface area contributed by atoms with Crippen molar-refractivity contribution in [3.8, 4) is 23.0 Å². The molecule has 3 aromatic rings. The quantitative estimate of drug-likeness (QED) is 0.400. The third kappa shape index (κ3) is 6.26. The molecule has 0 radical (unpaired) electrons. The van der Waals surface area contributed by atoms with Gasteiger partial charge in [0, 0.05) is 6.07 Å². The molecule has 198 valence electrons. The summed E-state index contributed by atoms with van der Waals surface area (Å²) in [5.41, 5.74) is 1.85. The monoisotopic (exact) mass is 528 g/mol. The number of carbonyl (C=O) groups excluding carboxylic acids is 1. The molecular formula is C27H32N2O7S. The third-order valence-electron chi connectivity index (χ3n) is 5.84. The summed E-state index contributed by atoms with van der Waals surface area (Å²) in [5.74, 6) is 1.26. The number of ether oxygens (including phenoxy) is 4. The van der Waals surface area contributed by atoms with Crippen molar-refractivity contribution < 1.29 is 32.2 Å². The summed E-state index contributed by atoms with van der Waals surface area (Å²) in [5, 5.41) is 2.87. The molecule has 0 fully saturated rings. The largest absolute Gasteiger partial charge is 0.497 e. The normalized spacial score (nSPS) is 11.8. The number of hydrogen-bond donors (Lipinski definition) is 1. The molecule has 1 amide bonds. The van der Waals surface area contributed by atoms with E-state index < -0.39 is 28.5 Å². The molecule has 9 nitrogen and oxygen atoms in total. The highest BCUT2D eigenvalue weighted by atomic mass is 32.2. The molecule has 0 aliphatic heterocycles. The molecule has 0 heterocycles. The molecular weight excluding hydrogens is 496 g/mol. The molecule has 0 unspecified atom stereocenters. The molecule has 0 saturated carbocycles. The minimum absolute atomic E-state index is 0.0451. The first kappa shape index (κ1) is 27.7. The van der Waals surface area contributed by atoms with E-state index in [9.17, 15) is 13.2 Å². The standard InChI is InChI=1S/C27H32N2O7S/c1-18-7-11-22(12-8-18)37(31,32)29(23-16-21(33-3)10-14-24(23)34-4)17-27(30)28-19(2)20-9-13-25(35-5)26(15-20)36-6/h7-16,19H,17H2,1-6H3,(H,28,30)/t19-/m1/s1. The van der Waals surface area contributed by atoms with Crippen molar-refractivity contribution in [3.05, 3.63) is 71.8 Å². The predicted octanol–water partition coefficient (Wildman–Crippen LogP) is 4.10. The summed E-state index contributed by atoms with van der Waals surface area (Å²) < 4.78 is 49.9. The number of sulfonamides is 1. The molecule has 37 heavy (non-hydrogen) atoms. The Labute approximate surface area is 218 Å². The van der Waals surface area contributed by atoms with Gasteiger partial charge in [-0.25, -0.2) is 8.42 Å². The minimum atomic E-state index is -4.14. The Morgan fingerprint density at radius 2 is 1.46 bits per heavy atom. The Balaban J connectivity index is 1.97. The molecule has 3 aromatic carbocycles. The average molecular weight is 529 g/mol. The summed E-state index contributed by atoms with van der Waals surface area (Å²) >= 11 is 0. The van der Waals surface area contributed by atoms with Crippen LogP contribution in [-0.2, 0) is 14.8 Å². The Morgan fingerprint density at radius 3 is 2.05 bits per heavy atom. The molecule has 10 heteroatoms. The maximum absolute atomic E-state index is 13.8. The van der Waals surface area contributed by atoms with Crippen LogP contribution in [0.2, 0.25) is 0 Å². The number of rotatable bonds is 11. The smallest absolute Gasteiger partial charge is 0.264 e. The predicted molar refractivity (Wildman–Crippen MR) is 141 cm³/mol. The highest BCUT2D eigenvalue weighted by Gasteiger charge is 2.30. The van der Waals surface area contributed by atoms with Gasteiger partial charge in [0.15, 0.2) is 11.5 Å². The Bertz CT molecular complexity index is 1340. The van der Waals surface area contributed by atoms with Gasteiger partial charge in [0.2, 0.25) is 5.91 Å². The van der Waals surface area contributed by atoms with Gasteiger partial charge in [-0.15, -0.1) is 0 Å². The van der Waals surface area contributed by atoms with Crippen LogP contribution in [0.5, 0.6) is 23.0 Å². The third-order valence-corrected chi connectivity index (χ3v) is 7.61. The highest BCUT2D eigenvalue weighted by molar-refractivity contribution is 7.92. The van der Waals surface area contributed by atoms with Crippen LogP contribution in [0.25, 0.3) is 0 Å². The first-order valence-electron chi connectivity index (χ1n) is 11.5. The summed E-state index contributed by atoms with van der Waals surface area (Å²) in [7, 11) is 1.83. The van der Waals surface area contributed by atoms with E-state index in [1.165, 1.54) is 39.5 Å². The molecule has 0 aromatic heterocycles. The molecule has 0 aliphatic carbocycles. The zero-order valence-electron chi connectivity index (χ0n) is 21.8. The number of anilines is 1. The summed E-state index contributed by atoms with van der Waals surface area (Å²) in [6.07, 6.45) is 0. The number of nitrogens with one attached hydrogen (secondary N) is 1. The van der Waals surface area contributed by atoms with E-state index in [1.54, 1.807) is 56.5 Å². The molecule has 3 rings (SSSR count). The average Bonchev–Trinajstić information content (AvgIpc) is 2.90.